The van der Waals surface area contributed by atoms with E-state index in [1.807, 2.05) is 0 Å². The van der Waals surface area contributed by atoms with Gasteiger partial charge in [-0.1, -0.05) is 158 Å². The van der Waals surface area contributed by atoms with Crippen LogP contribution >= 0.6 is 23.2 Å². The SMILES string of the molecule is C=CCOC(=O)C=N[C@H](CC(C)C)C(=O)N[C@H]1C(=O)N[C@@H](CC(=O)NC(=O)NCCCCCCCC)C(=O)N[C@H]2C(=O)N[C@H]3C(=O)N[C@@H](C(=O)N[C@H](C(=O)OCC=C)c4cc(OCC=C)cc(OCC=C)c4-c4cc3ccc4OCC=C)[C@H](O)c3ccc(c(Cl)c3)Oc3cc2cc(c3OC2OC(CO)C(O)C(O)C2O)Oc2ccc(cc2Cl)[C@H]1O. The van der Waals surface area contributed by atoms with Crippen molar-refractivity contribution >= 4 is 88.7 Å². The van der Waals surface area contributed by atoms with Crippen molar-refractivity contribution in [2.24, 2.45) is 10.9 Å². The number of urea groups is 1. The van der Waals surface area contributed by atoms with Gasteiger partial charge in [-0.05, 0) is 95.6 Å². The van der Waals surface area contributed by atoms with Crippen molar-refractivity contribution in [1.29, 1.82) is 0 Å². The van der Waals surface area contributed by atoms with Gasteiger partial charge in [0, 0.05) is 29.3 Å². The molecule has 0 radical (unpaired) electrons. The molecule has 1 saturated heterocycles. The number of hydrogen-bond donors (Lipinski definition) is 14. The Labute approximate surface area is 700 Å². The molecule has 9 amide bonds. The van der Waals surface area contributed by atoms with Crippen LogP contribution in [0.1, 0.15) is 130 Å². The van der Waals surface area contributed by atoms with Crippen LogP contribution in [-0.2, 0) is 57.4 Å². The average molecular weight is 1700 g/mol. The van der Waals surface area contributed by atoms with Gasteiger partial charge in [0.05, 0.1) is 23.1 Å². The summed E-state index contributed by atoms with van der Waals surface area (Å²) in [6.45, 7) is 22.0. The Balaban J connectivity index is 1.34. The van der Waals surface area contributed by atoms with Crippen LogP contribution in [0, 0.1) is 5.92 Å². The van der Waals surface area contributed by atoms with Crippen molar-refractivity contribution in [1.82, 2.24) is 42.5 Å². The van der Waals surface area contributed by atoms with Gasteiger partial charge in [0.25, 0.3) is 0 Å². The van der Waals surface area contributed by atoms with Crippen molar-refractivity contribution < 1.29 is 121 Å². The number of imide groups is 1. The van der Waals surface area contributed by atoms with Crippen LogP contribution in [0.3, 0.4) is 0 Å². The lowest BCUT2D eigenvalue weighted by Gasteiger charge is -2.39. The third kappa shape index (κ3) is 23.6. The van der Waals surface area contributed by atoms with Gasteiger partial charge in [-0.2, -0.15) is 0 Å². The first-order chi connectivity index (χ1) is 57.5. The number of carbonyl (C=O) groups is 10. The fraction of sp³-hybridized carbons (Fsp3) is 0.393. The first-order valence-corrected chi connectivity index (χ1v) is 39.3. The number of aliphatic hydroxyl groups excluding tert-OH is 6. The van der Waals surface area contributed by atoms with E-state index in [4.69, 9.17) is 65.8 Å². The second-order valence-electron chi connectivity index (χ2n) is 28.5. The highest BCUT2D eigenvalue weighted by atomic mass is 35.5. The highest BCUT2D eigenvalue weighted by Gasteiger charge is 2.47. The van der Waals surface area contributed by atoms with Crippen molar-refractivity contribution in [3.8, 4) is 57.1 Å². The number of aliphatic hydroxyl groups is 6. The van der Waals surface area contributed by atoms with Gasteiger partial charge in [0.15, 0.2) is 17.5 Å². The number of hydrogen-bond acceptors (Lipinski definition) is 26. The fourth-order valence-electron chi connectivity index (χ4n) is 13.2. The Morgan fingerprint density at radius 1 is 0.600 bits per heavy atom. The summed E-state index contributed by atoms with van der Waals surface area (Å²) in [4.78, 5) is 155. The molecule has 0 spiro atoms. The third-order valence-electron chi connectivity index (χ3n) is 19.1. The molecule has 0 aliphatic carbocycles. The highest BCUT2D eigenvalue weighted by molar-refractivity contribution is 6.32. The summed E-state index contributed by atoms with van der Waals surface area (Å²) in [6.07, 6.45) is -3.27. The Morgan fingerprint density at radius 3 is 1.82 bits per heavy atom. The van der Waals surface area contributed by atoms with E-state index in [9.17, 15) is 54.6 Å². The number of fused-ring (bicyclic) bond motifs is 15. The van der Waals surface area contributed by atoms with Crippen LogP contribution in [0.25, 0.3) is 11.1 Å². The Bertz CT molecular complexity index is 4680. The van der Waals surface area contributed by atoms with Gasteiger partial charge >= 0.3 is 18.0 Å². The van der Waals surface area contributed by atoms with E-state index < -0.39 is 197 Å². The van der Waals surface area contributed by atoms with E-state index in [-0.39, 0.29) is 107 Å². The van der Waals surface area contributed by atoms with E-state index in [0.29, 0.717) is 6.42 Å². The minimum absolute atomic E-state index is 0.0176. The molecule has 5 aromatic carbocycles. The van der Waals surface area contributed by atoms with Gasteiger partial charge in [0.2, 0.25) is 53.4 Å². The monoisotopic (exact) mass is 1700 g/mol. The Kier molecular flexibility index (Phi) is 33.7. The van der Waals surface area contributed by atoms with Crippen molar-refractivity contribution in [2.45, 2.75) is 157 Å². The van der Waals surface area contributed by atoms with Crippen LogP contribution in [-0.4, -0.2) is 197 Å². The van der Waals surface area contributed by atoms with E-state index in [1.54, 1.807) is 13.8 Å². The molecule has 120 heavy (non-hydrogen) atoms. The maximum atomic E-state index is 16.6. The standard InChI is InChI=1S/C84H97Cl2N9O25/c1-9-15-16-17-18-19-26-87-84(111)90-62(97)40-54-77(105)91-66-47-36-59(117-56-24-21-45(34-51(56)85)70(99)68(80(108)89-54)94-76(104)53(32-43(7)8)88-41-63(98)115-30-13-5)75(120-83-74(103)73(102)72(101)61(42-96)119-83)60(37-47)118-57-25-22-46(35-52(57)86)71(100)69-81(109)93-67(82(110)116-31-14-6)50-38-48(112-27-10-2)39-58(114-29-12-4)64(50)49-33-44(20-23-55(49)113-28-11-3)65(78(106)95-69)92-79(66)107/h10-14,20-25,33-39,41,43,53-54,61,65-74,83,96,99-103H,2-6,9,15-19,26-32,40,42H2,1,7-8H3,(H,89,108)(H,91,105)(H,92,107)(H,93,109)(H,94,104)(H,95,106)(H2,87,90,97,111)/t53-,54+,61?,65-,66-,67+,68-,69-,70-,71-,72?,73?,74?,83?/m1/s1. The first-order valence-electron chi connectivity index (χ1n) is 38.5. The molecule has 6 heterocycles. The molecule has 14 N–H and O–H groups in total. The molecule has 0 aromatic heterocycles. The third-order valence-corrected chi connectivity index (χ3v) is 19.7. The van der Waals surface area contributed by atoms with Gasteiger partial charge in [-0.3, -0.25) is 43.9 Å². The Morgan fingerprint density at radius 2 is 1.19 bits per heavy atom. The van der Waals surface area contributed by atoms with E-state index in [0.717, 1.165) is 74.7 Å². The molecule has 6 aliphatic heterocycles. The lowest BCUT2D eigenvalue weighted by Crippen LogP contribution is -2.60. The zero-order valence-corrected chi connectivity index (χ0v) is 67.4. The van der Waals surface area contributed by atoms with Crippen LogP contribution < -0.4 is 71.0 Å². The van der Waals surface area contributed by atoms with Crippen LogP contribution in [0.4, 0.5) is 4.79 Å². The minimum Gasteiger partial charge on any atom is -0.489 e. The second-order valence-corrected chi connectivity index (χ2v) is 29.3. The number of carbonyl (C=O) groups excluding carboxylic acids is 10. The largest absolute Gasteiger partial charge is 0.489 e. The summed E-state index contributed by atoms with van der Waals surface area (Å²) in [5, 5.41) is 88.9. The lowest BCUT2D eigenvalue weighted by atomic mass is 9.89. The summed E-state index contributed by atoms with van der Waals surface area (Å²) in [7, 11) is 0. The van der Waals surface area contributed by atoms with Gasteiger partial charge in [0.1, 0.15) is 141 Å². The fourth-order valence-corrected chi connectivity index (χ4v) is 13.6. The van der Waals surface area contributed by atoms with Crippen LogP contribution in [0.5, 0.6) is 46.0 Å². The van der Waals surface area contributed by atoms with Crippen molar-refractivity contribution in [3.05, 3.63) is 180 Å². The molecule has 0 saturated carbocycles. The van der Waals surface area contributed by atoms with E-state index >= 15 is 24.0 Å². The summed E-state index contributed by atoms with van der Waals surface area (Å²) in [5.74, 6) is -14.6. The normalized spacial score (nSPS) is 22.4. The highest BCUT2D eigenvalue weighted by Crippen LogP contribution is 2.50. The number of ether oxygens (including phenoxy) is 9. The lowest BCUT2D eigenvalue weighted by molar-refractivity contribution is -0.277. The van der Waals surface area contributed by atoms with Crippen molar-refractivity contribution in [2.75, 3.05) is 46.2 Å². The maximum Gasteiger partial charge on any atom is 0.349 e. The molecule has 36 heteroatoms. The number of nitrogens with one attached hydrogen (secondary N) is 8. The van der Waals surface area contributed by atoms with Crippen molar-refractivity contribution in [3.63, 3.8) is 0 Å². The summed E-state index contributed by atoms with van der Waals surface area (Å²) >= 11 is 14.3. The zero-order valence-electron chi connectivity index (χ0n) is 65.9. The molecule has 14 atom stereocenters. The van der Waals surface area contributed by atoms with Crippen LogP contribution in [0.2, 0.25) is 10.0 Å². The molecule has 1 fully saturated rings. The van der Waals surface area contributed by atoms with Crippen LogP contribution in [0.15, 0.2) is 147 Å². The molecule has 6 aliphatic rings. The zero-order chi connectivity index (χ0) is 87.0. The predicted molar refractivity (Wildman–Crippen MR) is 435 cm³/mol. The number of benzene rings is 5. The topological polar surface area (TPSA) is 484 Å². The molecule has 34 nitrogen and oxygen atoms in total. The number of unbranched alkanes of at least 4 members (excludes halogenated alkanes) is 5. The summed E-state index contributed by atoms with van der Waals surface area (Å²) in [6, 6.07) is -0.106. The first kappa shape index (κ1) is 92.2. The molecule has 642 valence electrons. The second kappa shape index (κ2) is 43.8. The number of halogens is 2. The summed E-state index contributed by atoms with van der Waals surface area (Å²) in [5.41, 5.74) is -1.39. The predicted octanol–water partition coefficient (Wildman–Crippen LogP) is 6.37. The quantitative estimate of drug-likeness (QED) is 0.00962. The number of esters is 2. The van der Waals surface area contributed by atoms with E-state index in [1.165, 1.54) is 72.8 Å². The number of amides is 9. The number of rotatable bonds is 32. The number of nitrogens with zero attached hydrogens (tertiary/aromatic N) is 1. The molecular weight excluding hydrogens is 1610 g/mol. The minimum atomic E-state index is -2.40. The molecule has 5 aromatic rings. The van der Waals surface area contributed by atoms with Gasteiger partial charge in [-0.25, -0.2) is 14.4 Å². The van der Waals surface area contributed by atoms with Gasteiger partial charge in [-0.15, -0.1) is 0 Å². The molecule has 11 rings (SSSR count). The molecule has 11 bridgehead atoms. The molecule has 5 unspecified atom stereocenters. The maximum absolute atomic E-state index is 16.6. The smallest absolute Gasteiger partial charge is 0.349 e. The number of aliphatic imine (C=N–C) groups is 1. The summed E-state index contributed by atoms with van der Waals surface area (Å²) < 4.78 is 54.9. The average Bonchev–Trinajstić information content (AvgIpc) is 0.739. The van der Waals surface area contributed by atoms with Gasteiger partial charge < -0.3 is 110 Å². The Hall–Kier alpha value is -11.7. The molecular formula is C84H97Cl2N9O25. The van der Waals surface area contributed by atoms with E-state index in [2.05, 4.69) is 87.3 Å².